The molecule has 0 unspecified atom stereocenters. The molecule has 1 aliphatic rings. The number of benzene rings is 3. The SMILES string of the molecule is CCCCc1nc2ccn(CC(=O)N3CCCCC3)c(=O)c2n1Cc1ccc(-c2ccccc2S(=O)(=O)/N=C(\[O-])OCc2ccccc2)cc1F.[K+]. The van der Waals surface area contributed by atoms with Crippen LogP contribution in [0.15, 0.2) is 99.1 Å². The third-order valence-corrected chi connectivity index (χ3v) is 10.3. The van der Waals surface area contributed by atoms with Gasteiger partial charge >= 0.3 is 51.4 Å². The molecule has 0 aliphatic carbocycles. The number of pyridine rings is 1. The Labute approximate surface area is 344 Å². The van der Waals surface area contributed by atoms with E-state index in [1.54, 1.807) is 64.2 Å². The van der Waals surface area contributed by atoms with Gasteiger partial charge in [-0.1, -0.05) is 74.0 Å². The Morgan fingerprint density at radius 1 is 1.00 bits per heavy atom. The topological polar surface area (TPSA) is 139 Å². The summed E-state index contributed by atoms with van der Waals surface area (Å²) in [6, 6.07) is 20.7. The molecule has 1 amide bonds. The van der Waals surface area contributed by atoms with E-state index in [-0.39, 0.29) is 110 Å². The fourth-order valence-electron chi connectivity index (χ4n) is 6.27. The van der Waals surface area contributed by atoms with Crippen LogP contribution in [-0.2, 0) is 45.7 Å². The molecule has 0 N–H and O–H groups in total. The number of aromatic nitrogens is 3. The van der Waals surface area contributed by atoms with Crippen LogP contribution in [0.1, 0.15) is 56.0 Å². The minimum absolute atomic E-state index is 0. The van der Waals surface area contributed by atoms with Crippen LogP contribution in [0.4, 0.5) is 4.39 Å². The van der Waals surface area contributed by atoms with Crippen molar-refractivity contribution in [3.8, 4) is 11.1 Å². The second kappa shape index (κ2) is 17.9. The number of amides is 1. The van der Waals surface area contributed by atoms with Crippen LogP contribution < -0.4 is 62.1 Å². The van der Waals surface area contributed by atoms with Crippen molar-refractivity contribution in [3.05, 3.63) is 118 Å². The molecule has 0 bridgehead atoms. The normalized spacial score (nSPS) is 13.6. The van der Waals surface area contributed by atoms with Crippen LogP contribution in [0.25, 0.3) is 22.2 Å². The van der Waals surface area contributed by atoms with Crippen LogP contribution in [0.5, 0.6) is 0 Å². The van der Waals surface area contributed by atoms with Crippen molar-refractivity contribution in [3.63, 3.8) is 0 Å². The largest absolute Gasteiger partial charge is 1.00 e. The molecule has 0 spiro atoms. The molecule has 0 saturated carbocycles. The van der Waals surface area contributed by atoms with Crippen molar-refractivity contribution in [2.75, 3.05) is 13.1 Å². The first kappa shape index (κ1) is 39.5. The predicted octanol–water partition coefficient (Wildman–Crippen LogP) is 2.03. The monoisotopic (exact) mass is 751 g/mol. The average molecular weight is 752 g/mol. The van der Waals surface area contributed by atoms with Gasteiger partial charge in [0.15, 0.2) is 6.08 Å². The number of carbonyl (C=O) groups excluding carboxylic acids is 1. The van der Waals surface area contributed by atoms with Crippen LogP contribution in [0, 0.1) is 5.82 Å². The number of halogens is 1. The smallest absolute Gasteiger partial charge is 0.595 e. The zero-order valence-corrected chi connectivity index (χ0v) is 33.3. The maximum absolute atomic E-state index is 16.0. The minimum atomic E-state index is -4.52. The predicted molar refractivity (Wildman–Crippen MR) is 190 cm³/mol. The van der Waals surface area contributed by atoms with Gasteiger partial charge < -0.3 is 23.9 Å². The van der Waals surface area contributed by atoms with Gasteiger partial charge in [0.2, 0.25) is 5.91 Å². The van der Waals surface area contributed by atoms with Crippen molar-refractivity contribution in [2.45, 2.75) is 70.0 Å². The maximum atomic E-state index is 16.0. The molecule has 1 fully saturated rings. The van der Waals surface area contributed by atoms with Gasteiger partial charge in [-0.2, -0.15) is 8.42 Å². The molecule has 6 rings (SSSR count). The molecule has 11 nitrogen and oxygen atoms in total. The zero-order valence-electron chi connectivity index (χ0n) is 29.3. The summed E-state index contributed by atoms with van der Waals surface area (Å²) >= 11 is 0. The van der Waals surface area contributed by atoms with Gasteiger partial charge in [0.05, 0.1) is 17.0 Å². The maximum Gasteiger partial charge on any atom is 1.00 e. The number of fused-ring (bicyclic) bond motifs is 1. The molecule has 3 aromatic carbocycles. The molecule has 14 heteroatoms. The van der Waals surface area contributed by atoms with Gasteiger partial charge in [-0.15, -0.1) is 4.40 Å². The summed E-state index contributed by atoms with van der Waals surface area (Å²) in [4.78, 5) is 33.1. The van der Waals surface area contributed by atoms with E-state index in [2.05, 4.69) is 4.40 Å². The molecular weight excluding hydrogens is 713 g/mol. The van der Waals surface area contributed by atoms with Gasteiger partial charge in [0, 0.05) is 43.4 Å². The van der Waals surface area contributed by atoms with Crippen LogP contribution in [0.2, 0.25) is 0 Å². The Hall–Kier alpha value is -3.66. The van der Waals surface area contributed by atoms with Crippen LogP contribution >= 0.6 is 0 Å². The fourth-order valence-corrected chi connectivity index (χ4v) is 7.33. The number of carbonyl (C=O) groups is 1. The molecule has 266 valence electrons. The number of ether oxygens (including phenoxy) is 1. The molecule has 2 aromatic heterocycles. The second-order valence-corrected chi connectivity index (χ2v) is 14.1. The summed E-state index contributed by atoms with van der Waals surface area (Å²) in [6.45, 7) is 3.15. The number of aryl methyl sites for hydroxylation is 1. The quantitative estimate of drug-likeness (QED) is 0.108. The molecule has 0 radical (unpaired) electrons. The van der Waals surface area contributed by atoms with Gasteiger partial charge in [-0.05, 0) is 55.0 Å². The molecular formula is C38H39FKN5O6S. The van der Waals surface area contributed by atoms with Gasteiger partial charge in [-0.3, -0.25) is 9.59 Å². The number of sulfonamides is 1. The number of likely N-dealkylation sites (tertiary alicyclic amines) is 1. The molecule has 1 aliphatic heterocycles. The summed E-state index contributed by atoms with van der Waals surface area (Å²) in [7, 11) is -4.52. The number of hydrogen-bond acceptors (Lipinski definition) is 7. The van der Waals surface area contributed by atoms with Crippen molar-refractivity contribution < 1.29 is 78.8 Å². The number of hydrogen-bond donors (Lipinski definition) is 0. The first-order chi connectivity index (χ1) is 24.6. The summed E-state index contributed by atoms with van der Waals surface area (Å²) in [5.41, 5.74) is 1.71. The van der Waals surface area contributed by atoms with Crippen molar-refractivity contribution in [2.24, 2.45) is 4.40 Å². The Morgan fingerprint density at radius 3 is 2.46 bits per heavy atom. The molecule has 5 aromatic rings. The van der Waals surface area contributed by atoms with E-state index in [9.17, 15) is 23.1 Å². The fraction of sp³-hybridized carbons (Fsp3) is 0.316. The average Bonchev–Trinajstić information content (AvgIpc) is 3.49. The minimum Gasteiger partial charge on any atom is -0.595 e. The van der Waals surface area contributed by atoms with Gasteiger partial charge in [-0.25, -0.2) is 9.37 Å². The van der Waals surface area contributed by atoms with E-state index in [1.165, 1.54) is 34.9 Å². The van der Waals surface area contributed by atoms with E-state index in [4.69, 9.17) is 9.72 Å². The number of imidazole rings is 1. The van der Waals surface area contributed by atoms with E-state index in [0.29, 0.717) is 36.4 Å². The van der Waals surface area contributed by atoms with Gasteiger partial charge in [0.1, 0.15) is 23.7 Å². The number of unbranched alkanes of at least 4 members (excludes halogenated alkanes) is 1. The van der Waals surface area contributed by atoms with Crippen molar-refractivity contribution in [1.82, 2.24) is 19.0 Å². The Balaban J connectivity index is 0.00000523. The van der Waals surface area contributed by atoms with Gasteiger partial charge in [0.25, 0.3) is 15.6 Å². The number of rotatable bonds is 12. The van der Waals surface area contributed by atoms with Crippen molar-refractivity contribution in [1.29, 1.82) is 0 Å². The van der Waals surface area contributed by atoms with Crippen molar-refractivity contribution >= 4 is 33.0 Å². The molecule has 52 heavy (non-hydrogen) atoms. The first-order valence-electron chi connectivity index (χ1n) is 17.1. The Morgan fingerprint density at radius 2 is 1.73 bits per heavy atom. The summed E-state index contributed by atoms with van der Waals surface area (Å²) in [5.74, 6) is -0.113. The van der Waals surface area contributed by atoms with E-state index in [0.717, 1.165) is 32.1 Å². The van der Waals surface area contributed by atoms with Crippen LogP contribution in [-0.4, -0.2) is 52.5 Å². The Bertz CT molecular complexity index is 2230. The standard InChI is InChI=1S/C38H40FN5O6S.K/c1-2-3-16-34-40-32-19-22-43(25-35(45)42-20-10-5-11-21-42)37(46)36(32)44(34)24-29-18-17-28(23-31(29)39)30-14-8-9-15-33(30)51(48,49)41-38(47)50-26-27-12-6-4-7-13-27;/h4,6-9,12-15,17-19,22-23H,2-3,5,10-11,16,20-21,24-26H2,1H3,(H,41,47);/q;+1/p-1. The van der Waals surface area contributed by atoms with E-state index in [1.807, 2.05) is 6.92 Å². The molecule has 0 atom stereocenters. The molecule has 3 heterocycles. The number of piperidine rings is 1. The summed E-state index contributed by atoms with van der Waals surface area (Å²) < 4.78 is 53.9. The summed E-state index contributed by atoms with van der Waals surface area (Å²) in [5, 5.41) is 12.4. The number of nitrogens with zero attached hydrogens (tertiary/aromatic N) is 5. The zero-order chi connectivity index (χ0) is 36.0. The Kier molecular flexibility index (Phi) is 13.6. The second-order valence-electron chi connectivity index (χ2n) is 12.6. The van der Waals surface area contributed by atoms with E-state index >= 15 is 4.39 Å². The molecule has 1 saturated heterocycles. The third kappa shape index (κ3) is 9.27. The van der Waals surface area contributed by atoms with E-state index < -0.39 is 21.9 Å². The first-order valence-corrected chi connectivity index (χ1v) is 18.5. The summed E-state index contributed by atoms with van der Waals surface area (Å²) in [6.07, 6.45) is 5.55. The van der Waals surface area contributed by atoms with Crippen LogP contribution in [0.3, 0.4) is 0 Å². The third-order valence-electron chi connectivity index (χ3n) is 8.98.